The van der Waals surface area contributed by atoms with Crippen LogP contribution in [0, 0.1) is 22.0 Å². The summed E-state index contributed by atoms with van der Waals surface area (Å²) in [5, 5.41) is 36.1. The van der Waals surface area contributed by atoms with E-state index in [-0.39, 0.29) is 50.8 Å². The first-order valence-corrected chi connectivity index (χ1v) is 26.3. The number of ether oxygens (including phenoxy) is 9. The maximum Gasteiger partial charge on any atom is 0.309 e. The maximum atomic E-state index is 14.2. The molecule has 76 heavy (non-hydrogen) atoms. The molecule has 2 aromatic rings. The lowest BCUT2D eigenvalue weighted by Crippen LogP contribution is -2.66. The average Bonchev–Trinajstić information content (AvgIpc) is 3.34. The Kier molecular flexibility index (Phi) is 23.2. The zero-order valence-corrected chi connectivity index (χ0v) is 45.8. The van der Waals surface area contributed by atoms with Gasteiger partial charge >= 0.3 is 23.9 Å². The molecule has 5 unspecified atom stereocenters. The number of aldehydes is 1. The largest absolute Gasteiger partial charge is 0.462 e. The second-order valence-corrected chi connectivity index (χ2v) is 20.8. The molecule has 2 N–H and O–H groups in total. The Morgan fingerprint density at radius 2 is 1.71 bits per heavy atom. The summed E-state index contributed by atoms with van der Waals surface area (Å²) >= 11 is 0. The van der Waals surface area contributed by atoms with Gasteiger partial charge in [-0.3, -0.25) is 34.3 Å². The Morgan fingerprint density at radius 3 is 2.36 bits per heavy atom. The quantitative estimate of drug-likeness (QED) is 0.0687. The summed E-state index contributed by atoms with van der Waals surface area (Å²) in [6.07, 6.45) is -5.99. The Hall–Kier alpha value is -5.04. The Morgan fingerprint density at radius 1 is 1.00 bits per heavy atom. The number of methoxy groups -OCH3 is 1. The summed E-state index contributed by atoms with van der Waals surface area (Å²) in [6.45, 7) is 12.2. The van der Waals surface area contributed by atoms with Crippen molar-refractivity contribution >= 4 is 52.8 Å². The van der Waals surface area contributed by atoms with Crippen LogP contribution < -0.4 is 0 Å². The molecule has 22 heteroatoms. The molecule has 0 spiro atoms. The van der Waals surface area contributed by atoms with Crippen molar-refractivity contribution in [1.29, 1.82) is 0 Å². The van der Waals surface area contributed by atoms with Crippen molar-refractivity contribution in [1.82, 2.24) is 14.8 Å². The molecule has 1 aromatic heterocycles. The van der Waals surface area contributed by atoms with Crippen LogP contribution >= 0.6 is 0 Å². The van der Waals surface area contributed by atoms with E-state index in [1.165, 1.54) is 26.2 Å². The first-order chi connectivity index (χ1) is 36.0. The van der Waals surface area contributed by atoms with Crippen LogP contribution in [0.4, 0.5) is 5.69 Å². The number of benzene rings is 1. The van der Waals surface area contributed by atoms with Gasteiger partial charge in [0.2, 0.25) is 0 Å². The van der Waals surface area contributed by atoms with E-state index >= 15 is 0 Å². The Balaban J connectivity index is 1.46. The van der Waals surface area contributed by atoms with Gasteiger partial charge in [-0.2, -0.15) is 0 Å². The van der Waals surface area contributed by atoms with E-state index in [9.17, 15) is 44.3 Å². The summed E-state index contributed by atoms with van der Waals surface area (Å²) < 4.78 is 56.0. The number of aliphatic hydroxyl groups is 2. The minimum atomic E-state index is -1.47. The average molecular weight is 1070 g/mol. The predicted molar refractivity (Wildman–Crippen MR) is 275 cm³/mol. The molecule has 3 aliphatic rings. The molecular weight excluding hydrogens is 993 g/mol. The molecule has 4 heterocycles. The molecule has 0 radical (unpaired) electrons. The van der Waals surface area contributed by atoms with E-state index in [0.29, 0.717) is 42.1 Å². The van der Waals surface area contributed by atoms with Gasteiger partial charge in [0.15, 0.2) is 24.3 Å². The van der Waals surface area contributed by atoms with Gasteiger partial charge in [0, 0.05) is 76.4 Å². The summed E-state index contributed by atoms with van der Waals surface area (Å²) in [7, 11) is 6.70. The minimum absolute atomic E-state index is 0.0421. The van der Waals surface area contributed by atoms with Crippen LogP contribution in [-0.4, -0.2) is 187 Å². The van der Waals surface area contributed by atoms with Crippen LogP contribution in [0.3, 0.4) is 0 Å². The number of nitrogens with zero attached hydrogens (tertiary/aromatic N) is 4. The number of non-ortho nitro benzene ring substituents is 1. The smallest absolute Gasteiger partial charge is 0.309 e. The number of rotatable bonds is 17. The van der Waals surface area contributed by atoms with E-state index < -0.39 is 132 Å². The molecule has 0 bridgehead atoms. The van der Waals surface area contributed by atoms with E-state index in [4.69, 9.17) is 42.6 Å². The number of aliphatic hydroxyl groups excluding tert-OH is 2. The first-order valence-electron chi connectivity index (χ1n) is 26.3. The summed E-state index contributed by atoms with van der Waals surface area (Å²) in [4.78, 5) is 84.1. The molecule has 0 saturated carbocycles. The highest BCUT2D eigenvalue weighted by Crippen LogP contribution is 2.39. The second kappa shape index (κ2) is 28.5. The lowest BCUT2D eigenvalue weighted by Gasteiger charge is -2.50. The van der Waals surface area contributed by atoms with Crippen LogP contribution in [0.2, 0.25) is 0 Å². The van der Waals surface area contributed by atoms with Gasteiger partial charge in [-0.1, -0.05) is 32.9 Å². The molecule has 0 amide bonds. The predicted octanol–water partition coefficient (Wildman–Crippen LogP) is 5.09. The molecule has 424 valence electrons. The molecule has 16 atom stereocenters. The van der Waals surface area contributed by atoms with Crippen LogP contribution in [0.15, 0.2) is 36.5 Å². The molecular formula is C54H80N4O18. The number of nitro groups is 1. The third kappa shape index (κ3) is 16.7. The van der Waals surface area contributed by atoms with Gasteiger partial charge in [-0.25, -0.2) is 0 Å². The fourth-order valence-electron chi connectivity index (χ4n) is 10.5. The van der Waals surface area contributed by atoms with E-state index in [1.54, 1.807) is 78.0 Å². The normalized spacial score (nSPS) is 33.6. The monoisotopic (exact) mass is 1070 g/mol. The zero-order chi connectivity index (χ0) is 56.0. The number of pyridine rings is 1. The number of cyclic esters (lactones) is 1. The third-order valence-electron chi connectivity index (χ3n) is 14.4. The fourth-order valence-corrected chi connectivity index (χ4v) is 10.5. The molecule has 3 aliphatic heterocycles. The van der Waals surface area contributed by atoms with Gasteiger partial charge in [0.1, 0.15) is 36.8 Å². The van der Waals surface area contributed by atoms with Crippen molar-refractivity contribution in [3.8, 4) is 0 Å². The van der Waals surface area contributed by atoms with Gasteiger partial charge in [0.05, 0.1) is 47.3 Å². The first kappa shape index (κ1) is 61.8. The third-order valence-corrected chi connectivity index (χ3v) is 14.4. The van der Waals surface area contributed by atoms with Crippen molar-refractivity contribution in [2.24, 2.45) is 11.8 Å². The highest BCUT2D eigenvalue weighted by molar-refractivity contribution is 5.83. The lowest BCUT2D eigenvalue weighted by molar-refractivity contribution is -0.384. The standard InChI is InChI=1S/C54H80N4O18/c1-12-43(62)72-42-27-45(64)71-39(17-14-16-35-25-37-26-38(58(66)67)19-20-40(37)55-29-35)18-15-22-57(10)30-41(61)31(3)24-36(21-23-59)50(51(42)68-11)75-53-48(65)47(56(8)9)49(32(4)70-53)74-46-28-54(7,76-34(6)60)52(33(5)69-46)73-44(63)13-2/h14,16,19-20,23,25-26,29,31-33,36,39,41-42,46-53,61,65H,12-13,15,17-18,21-22,24,27-28,30H2,1-11H3/b16-14+/t31-,32?,33?,36+,39+,41+,42-,46+,47?,48?,49-,50+,51+,52+,53+,54?/m1/s1. The number of fused-ring (bicyclic) bond motifs is 1. The number of β-amino-alcohol motifs (C(OH)–C–C–N with tert-alkyl or cyclic N) is 1. The highest BCUT2D eigenvalue weighted by Gasteiger charge is 2.54. The number of carbonyl (C=O) groups excluding carboxylic acids is 5. The number of hydrogen-bond donors (Lipinski definition) is 2. The van der Waals surface area contributed by atoms with E-state index in [0.717, 1.165) is 0 Å². The number of likely N-dealkylation sites (N-methyl/N-ethyl adjacent to an activating group) is 2. The van der Waals surface area contributed by atoms with Gasteiger partial charge < -0.3 is 67.4 Å². The van der Waals surface area contributed by atoms with Crippen LogP contribution in [0.25, 0.3) is 17.0 Å². The number of esters is 4. The van der Waals surface area contributed by atoms with Crippen LogP contribution in [0.5, 0.6) is 0 Å². The number of hydrogen-bond acceptors (Lipinski definition) is 21. The molecule has 1 aromatic carbocycles. The van der Waals surface area contributed by atoms with E-state index in [2.05, 4.69) is 4.98 Å². The molecule has 3 saturated heterocycles. The van der Waals surface area contributed by atoms with Gasteiger partial charge in [0.25, 0.3) is 5.69 Å². The SMILES string of the molecule is CCC(=O)O[C@@H]1CC(=O)O[C@@H](C/C=C/c2cnc3ccc([N+](=O)[O-])cc3c2)CCCN(C)C[C@H](O)[C@H](C)C[C@H](CC=O)[C@H](O[C@@H]2OC(C)[C@@H](O[C@H]3CC(C)(OC(C)=O)[C@@H](OC(=O)CC)C(C)O3)C(N(C)C)C2O)[C@H]1OC. The van der Waals surface area contributed by atoms with Crippen LogP contribution in [-0.2, 0) is 66.6 Å². The van der Waals surface area contributed by atoms with Crippen molar-refractivity contribution in [3.05, 3.63) is 52.2 Å². The Bertz CT molecular complexity index is 2300. The van der Waals surface area contributed by atoms with Crippen molar-refractivity contribution in [3.63, 3.8) is 0 Å². The number of nitro benzene ring substituents is 1. The van der Waals surface area contributed by atoms with Gasteiger partial charge in [-0.15, -0.1) is 0 Å². The molecule has 22 nitrogen and oxygen atoms in total. The van der Waals surface area contributed by atoms with Crippen molar-refractivity contribution in [2.45, 2.75) is 192 Å². The van der Waals surface area contributed by atoms with Gasteiger partial charge in [-0.05, 0) is 97.3 Å². The Labute approximate surface area is 445 Å². The molecule has 3 fully saturated rings. The second-order valence-electron chi connectivity index (χ2n) is 20.8. The molecule has 0 aliphatic carbocycles. The highest BCUT2D eigenvalue weighted by atomic mass is 16.7. The topological polar surface area (TPSA) is 271 Å². The number of aromatic nitrogens is 1. The zero-order valence-electron chi connectivity index (χ0n) is 45.8. The lowest BCUT2D eigenvalue weighted by atomic mass is 9.82. The van der Waals surface area contributed by atoms with Crippen LogP contribution in [0.1, 0.15) is 112 Å². The maximum absolute atomic E-state index is 14.2. The summed E-state index contributed by atoms with van der Waals surface area (Å²) in [5.74, 6) is -3.66. The fraction of sp³-hybridized carbons (Fsp3) is 0.704. The summed E-state index contributed by atoms with van der Waals surface area (Å²) in [5.41, 5.74) is -0.155. The minimum Gasteiger partial charge on any atom is -0.462 e. The molecule has 5 rings (SSSR count). The number of carbonyl (C=O) groups is 5. The van der Waals surface area contributed by atoms with E-state index in [1.807, 2.05) is 24.9 Å². The van der Waals surface area contributed by atoms with Crippen molar-refractivity contribution < 1.29 is 81.7 Å². The summed E-state index contributed by atoms with van der Waals surface area (Å²) in [6, 6.07) is 5.34. The van der Waals surface area contributed by atoms with Crippen molar-refractivity contribution in [2.75, 3.05) is 41.3 Å².